The van der Waals surface area contributed by atoms with Crippen molar-refractivity contribution in [1.82, 2.24) is 5.16 Å². The summed E-state index contributed by atoms with van der Waals surface area (Å²) in [5.41, 5.74) is 9.09. The Balaban J connectivity index is 1.76. The molecule has 116 valence electrons. The lowest BCUT2D eigenvalue weighted by molar-refractivity contribution is 0.101. The summed E-state index contributed by atoms with van der Waals surface area (Å²) in [6, 6.07) is 7.55. The highest BCUT2D eigenvalue weighted by Crippen LogP contribution is 2.40. The molecule has 0 saturated heterocycles. The molecule has 1 amide bonds. The molecule has 5 heteroatoms. The Morgan fingerprint density at radius 2 is 2.18 bits per heavy atom. The van der Waals surface area contributed by atoms with Gasteiger partial charge < -0.3 is 15.6 Å². The summed E-state index contributed by atoms with van der Waals surface area (Å²) >= 11 is 0. The van der Waals surface area contributed by atoms with Crippen molar-refractivity contribution in [2.75, 3.05) is 5.32 Å². The van der Waals surface area contributed by atoms with Crippen molar-refractivity contribution in [3.05, 3.63) is 46.8 Å². The van der Waals surface area contributed by atoms with Crippen molar-refractivity contribution >= 4 is 11.6 Å². The Bertz CT molecular complexity index is 687. The molecule has 0 radical (unpaired) electrons. The molecule has 1 aliphatic carbocycles. The van der Waals surface area contributed by atoms with Gasteiger partial charge in [0.15, 0.2) is 5.69 Å². The number of benzene rings is 1. The molecule has 2 aromatic rings. The molecule has 3 rings (SSSR count). The fourth-order valence-corrected chi connectivity index (χ4v) is 2.55. The van der Waals surface area contributed by atoms with Gasteiger partial charge in [0, 0.05) is 24.2 Å². The van der Waals surface area contributed by atoms with Crippen molar-refractivity contribution in [2.24, 2.45) is 5.73 Å². The Morgan fingerprint density at radius 3 is 2.82 bits per heavy atom. The van der Waals surface area contributed by atoms with E-state index in [0.29, 0.717) is 24.1 Å². The zero-order chi connectivity index (χ0) is 15.7. The standard InChI is InChI=1S/C17H21N3O2/c1-10(2)14-7-13(6-5-12(14)9-18)19-17(21)15-8-16(22-20-15)11-3-4-11/h5-8,10-11H,3-4,9,18H2,1-2H3,(H,19,21). The van der Waals surface area contributed by atoms with Crippen molar-refractivity contribution < 1.29 is 9.32 Å². The lowest BCUT2D eigenvalue weighted by atomic mass is 9.96. The van der Waals surface area contributed by atoms with Crippen LogP contribution < -0.4 is 11.1 Å². The zero-order valence-electron chi connectivity index (χ0n) is 12.9. The van der Waals surface area contributed by atoms with Crippen molar-refractivity contribution in [3.8, 4) is 0 Å². The van der Waals surface area contributed by atoms with Crippen LogP contribution in [0, 0.1) is 0 Å². The van der Waals surface area contributed by atoms with Crippen molar-refractivity contribution in [3.63, 3.8) is 0 Å². The van der Waals surface area contributed by atoms with Crippen LogP contribution in [-0.2, 0) is 6.54 Å². The minimum atomic E-state index is -0.245. The van der Waals surface area contributed by atoms with E-state index >= 15 is 0 Å². The maximum absolute atomic E-state index is 12.2. The lowest BCUT2D eigenvalue weighted by Crippen LogP contribution is -2.13. The van der Waals surface area contributed by atoms with Gasteiger partial charge in [0.25, 0.3) is 5.91 Å². The number of aromatic nitrogens is 1. The summed E-state index contributed by atoms with van der Waals surface area (Å²) in [6.45, 7) is 4.72. The van der Waals surface area contributed by atoms with Gasteiger partial charge in [0.1, 0.15) is 5.76 Å². The fourth-order valence-electron chi connectivity index (χ4n) is 2.55. The third-order valence-corrected chi connectivity index (χ3v) is 3.99. The molecule has 1 aromatic carbocycles. The molecule has 0 bridgehead atoms. The minimum absolute atomic E-state index is 0.245. The predicted molar refractivity (Wildman–Crippen MR) is 84.9 cm³/mol. The van der Waals surface area contributed by atoms with Gasteiger partial charge in [-0.2, -0.15) is 0 Å². The average molecular weight is 299 g/mol. The molecule has 0 aliphatic heterocycles. The fraction of sp³-hybridized carbons (Fsp3) is 0.412. The number of nitrogens with one attached hydrogen (secondary N) is 1. The van der Waals surface area contributed by atoms with Gasteiger partial charge in [0.05, 0.1) is 0 Å². The van der Waals surface area contributed by atoms with Gasteiger partial charge in [-0.1, -0.05) is 25.1 Å². The topological polar surface area (TPSA) is 81.2 Å². The van der Waals surface area contributed by atoms with Crippen LogP contribution in [-0.4, -0.2) is 11.1 Å². The van der Waals surface area contributed by atoms with Crippen LogP contribution >= 0.6 is 0 Å². The Hall–Kier alpha value is -2.14. The molecule has 5 nitrogen and oxygen atoms in total. The number of hydrogen-bond acceptors (Lipinski definition) is 4. The van der Waals surface area contributed by atoms with E-state index in [2.05, 4.69) is 24.3 Å². The molecule has 1 saturated carbocycles. The third-order valence-electron chi connectivity index (χ3n) is 3.99. The molecule has 0 atom stereocenters. The van der Waals surface area contributed by atoms with Crippen LogP contribution in [0.2, 0.25) is 0 Å². The van der Waals surface area contributed by atoms with Crippen LogP contribution in [0.25, 0.3) is 0 Å². The number of amides is 1. The summed E-state index contributed by atoms with van der Waals surface area (Å²) in [6.07, 6.45) is 2.24. The van der Waals surface area contributed by atoms with Crippen LogP contribution in [0.3, 0.4) is 0 Å². The molecule has 0 spiro atoms. The predicted octanol–water partition coefficient (Wildman–Crippen LogP) is 3.39. The van der Waals surface area contributed by atoms with E-state index in [1.54, 1.807) is 6.07 Å². The summed E-state index contributed by atoms with van der Waals surface area (Å²) in [5.74, 6) is 1.37. The van der Waals surface area contributed by atoms with Gasteiger partial charge in [-0.15, -0.1) is 0 Å². The quantitative estimate of drug-likeness (QED) is 0.886. The van der Waals surface area contributed by atoms with Gasteiger partial charge in [-0.3, -0.25) is 4.79 Å². The maximum atomic E-state index is 12.2. The summed E-state index contributed by atoms with van der Waals surface area (Å²) < 4.78 is 5.22. The Kier molecular flexibility index (Phi) is 3.98. The molecule has 1 fully saturated rings. The molecule has 1 aromatic heterocycles. The first-order chi connectivity index (χ1) is 10.6. The number of carbonyl (C=O) groups excluding carboxylic acids is 1. The van der Waals surface area contributed by atoms with Gasteiger partial charge >= 0.3 is 0 Å². The zero-order valence-corrected chi connectivity index (χ0v) is 12.9. The van der Waals surface area contributed by atoms with Gasteiger partial charge in [-0.25, -0.2) is 0 Å². The second kappa shape index (κ2) is 5.93. The minimum Gasteiger partial charge on any atom is -0.360 e. The van der Waals surface area contributed by atoms with E-state index in [1.807, 2.05) is 18.2 Å². The summed E-state index contributed by atoms with van der Waals surface area (Å²) in [7, 11) is 0. The number of nitrogens with two attached hydrogens (primary N) is 1. The molecule has 0 unspecified atom stereocenters. The van der Waals surface area contributed by atoms with E-state index in [-0.39, 0.29) is 5.91 Å². The first kappa shape index (κ1) is 14.8. The average Bonchev–Trinajstić information content (AvgIpc) is 3.24. The number of carbonyl (C=O) groups is 1. The molecular formula is C17H21N3O2. The molecule has 3 N–H and O–H groups in total. The molecule has 1 aliphatic rings. The molecule has 22 heavy (non-hydrogen) atoms. The molecular weight excluding hydrogens is 278 g/mol. The van der Waals surface area contributed by atoms with E-state index in [4.69, 9.17) is 10.3 Å². The third kappa shape index (κ3) is 3.04. The summed E-state index contributed by atoms with van der Waals surface area (Å²) in [4.78, 5) is 12.2. The Morgan fingerprint density at radius 1 is 1.41 bits per heavy atom. The lowest BCUT2D eigenvalue weighted by Gasteiger charge is -2.13. The van der Waals surface area contributed by atoms with E-state index in [0.717, 1.165) is 35.4 Å². The largest absolute Gasteiger partial charge is 0.360 e. The van der Waals surface area contributed by atoms with Crippen LogP contribution in [0.5, 0.6) is 0 Å². The number of anilines is 1. The maximum Gasteiger partial charge on any atom is 0.277 e. The van der Waals surface area contributed by atoms with Crippen molar-refractivity contribution in [1.29, 1.82) is 0 Å². The highest BCUT2D eigenvalue weighted by molar-refractivity contribution is 6.02. The highest BCUT2D eigenvalue weighted by Gasteiger charge is 2.28. The monoisotopic (exact) mass is 299 g/mol. The second-order valence-electron chi connectivity index (χ2n) is 6.12. The van der Waals surface area contributed by atoms with E-state index < -0.39 is 0 Å². The second-order valence-corrected chi connectivity index (χ2v) is 6.12. The van der Waals surface area contributed by atoms with E-state index in [9.17, 15) is 4.79 Å². The Labute approximate surface area is 129 Å². The van der Waals surface area contributed by atoms with Crippen LogP contribution in [0.15, 0.2) is 28.8 Å². The molecule has 1 heterocycles. The first-order valence-electron chi connectivity index (χ1n) is 7.69. The highest BCUT2D eigenvalue weighted by atomic mass is 16.5. The smallest absolute Gasteiger partial charge is 0.277 e. The number of nitrogens with zero attached hydrogens (tertiary/aromatic N) is 1. The number of rotatable bonds is 5. The van der Waals surface area contributed by atoms with Gasteiger partial charge in [0.2, 0.25) is 0 Å². The number of hydrogen-bond donors (Lipinski definition) is 2. The summed E-state index contributed by atoms with van der Waals surface area (Å²) in [5, 5.41) is 6.73. The normalized spacial score (nSPS) is 14.4. The van der Waals surface area contributed by atoms with E-state index in [1.165, 1.54) is 0 Å². The van der Waals surface area contributed by atoms with Crippen molar-refractivity contribution in [2.45, 2.75) is 45.1 Å². The van der Waals surface area contributed by atoms with Crippen LogP contribution in [0.4, 0.5) is 5.69 Å². The first-order valence-corrected chi connectivity index (χ1v) is 7.69. The van der Waals surface area contributed by atoms with Gasteiger partial charge in [-0.05, 0) is 42.0 Å². The SMILES string of the molecule is CC(C)c1cc(NC(=O)c2cc(C3CC3)on2)ccc1CN. The van der Waals surface area contributed by atoms with Crippen LogP contribution in [0.1, 0.15) is 65.9 Å².